The van der Waals surface area contributed by atoms with Gasteiger partial charge in [-0.25, -0.2) is 19.6 Å². The molecule has 2 aromatic heterocycles. The van der Waals surface area contributed by atoms with E-state index in [1.54, 1.807) is 11.8 Å². The summed E-state index contributed by atoms with van der Waals surface area (Å²) in [5.74, 6) is -2.95. The van der Waals surface area contributed by atoms with E-state index in [0.717, 1.165) is 66.8 Å². The van der Waals surface area contributed by atoms with E-state index < -0.39 is 24.3 Å². The number of hydrogen-bond donors (Lipinski definition) is 4. The van der Waals surface area contributed by atoms with Crippen molar-refractivity contribution in [2.24, 2.45) is 5.92 Å². The van der Waals surface area contributed by atoms with Gasteiger partial charge in [-0.05, 0) is 83.2 Å². The Morgan fingerprint density at radius 3 is 2.16 bits per heavy atom. The van der Waals surface area contributed by atoms with Crippen molar-refractivity contribution in [1.29, 1.82) is 0 Å². The number of carbonyl (C=O) groups is 3. The number of alkyl halides is 6. The lowest BCUT2D eigenvalue weighted by Crippen LogP contribution is -2.49. The maximum Gasteiger partial charge on any atom is 0.490 e. The van der Waals surface area contributed by atoms with Gasteiger partial charge in [0, 0.05) is 29.1 Å². The lowest BCUT2D eigenvalue weighted by molar-refractivity contribution is -0.193. The Morgan fingerprint density at radius 2 is 1.63 bits per heavy atom. The monoisotopic (exact) mass is 765 g/mol. The summed E-state index contributed by atoms with van der Waals surface area (Å²) in [6, 6.07) is 12.0. The van der Waals surface area contributed by atoms with Crippen molar-refractivity contribution in [3.8, 4) is 11.5 Å². The van der Waals surface area contributed by atoms with Crippen molar-refractivity contribution in [3.05, 3.63) is 53.7 Å². The number of ether oxygens (including phenoxy) is 1. The van der Waals surface area contributed by atoms with Crippen molar-refractivity contribution in [2.75, 3.05) is 25.0 Å². The van der Waals surface area contributed by atoms with E-state index in [2.05, 4.69) is 27.4 Å². The number of piperidine rings is 2. The van der Waals surface area contributed by atoms with E-state index in [1.807, 2.05) is 54.9 Å². The maximum absolute atomic E-state index is 13.9. The average Bonchev–Trinajstić information content (AvgIpc) is 3.49. The predicted molar refractivity (Wildman–Crippen MR) is 179 cm³/mol. The number of anilines is 2. The fraction of sp³-hybridized carbons (Fsp3) is 0.469. The Hall–Kier alpha value is -4.10. The molecular formula is C32H37F6N5O6S2. The summed E-state index contributed by atoms with van der Waals surface area (Å²) in [6.45, 7) is 6.94. The molecule has 0 aliphatic carbocycles. The maximum atomic E-state index is 13.9. The van der Waals surface area contributed by atoms with Crippen LogP contribution < -0.4 is 15.4 Å². The number of aliphatic carboxylic acids is 2. The van der Waals surface area contributed by atoms with Gasteiger partial charge >= 0.3 is 24.3 Å². The Morgan fingerprint density at radius 1 is 1.02 bits per heavy atom. The second-order valence-corrected chi connectivity index (χ2v) is 13.5. The largest absolute Gasteiger partial charge is 0.490 e. The van der Waals surface area contributed by atoms with E-state index >= 15 is 0 Å². The Labute approximate surface area is 297 Å². The van der Waals surface area contributed by atoms with Crippen LogP contribution in [0.15, 0.2) is 52.9 Å². The zero-order valence-corrected chi connectivity index (χ0v) is 29.1. The number of aromatic nitrogens is 2. The van der Waals surface area contributed by atoms with Gasteiger partial charge in [0.05, 0.1) is 10.9 Å². The molecule has 2 saturated heterocycles. The summed E-state index contributed by atoms with van der Waals surface area (Å²) in [6.07, 6.45) is -2.92. The molecule has 2 fully saturated rings. The zero-order valence-electron chi connectivity index (χ0n) is 27.5. The third kappa shape index (κ3) is 13.5. The third-order valence-corrected chi connectivity index (χ3v) is 9.74. The molecule has 2 aliphatic heterocycles. The number of hydrogen-bond acceptors (Lipinski definition) is 10. The SMILES string of the molecule is Cc1csc(Nc2ncc(SC(C(=O)N3CCCCC3C)C3CCNCC3)cc2Oc2ccccc2)n1.O=C(O)C(F)(F)F.O=C(O)C(F)(F)F. The fourth-order valence-corrected chi connectivity index (χ4v) is 6.99. The number of carboxylic acids is 2. The number of nitrogens with one attached hydrogen (secondary N) is 2. The molecule has 5 rings (SSSR count). The molecule has 1 aromatic carbocycles. The highest BCUT2D eigenvalue weighted by molar-refractivity contribution is 8.00. The first-order valence-electron chi connectivity index (χ1n) is 15.7. The molecule has 280 valence electrons. The van der Waals surface area contributed by atoms with Gasteiger partial charge in [-0.15, -0.1) is 23.1 Å². The van der Waals surface area contributed by atoms with Crippen LogP contribution >= 0.6 is 23.1 Å². The number of thiazole rings is 1. The highest BCUT2D eigenvalue weighted by Crippen LogP contribution is 2.39. The number of aryl methyl sites for hydroxylation is 1. The van der Waals surface area contributed by atoms with E-state index in [-0.39, 0.29) is 11.2 Å². The molecule has 2 unspecified atom stereocenters. The smallest absolute Gasteiger partial charge is 0.475 e. The Kier molecular flexibility index (Phi) is 15.3. The molecule has 4 heterocycles. The van der Waals surface area contributed by atoms with E-state index in [0.29, 0.717) is 23.5 Å². The quantitative estimate of drug-likeness (QED) is 0.133. The zero-order chi connectivity index (χ0) is 37.8. The molecule has 2 atom stereocenters. The molecule has 4 N–H and O–H groups in total. The molecule has 19 heteroatoms. The van der Waals surface area contributed by atoms with Crippen molar-refractivity contribution < 1.29 is 55.7 Å². The highest BCUT2D eigenvalue weighted by atomic mass is 32.2. The number of nitrogens with zero attached hydrogens (tertiary/aromatic N) is 3. The molecule has 0 spiro atoms. The van der Waals surface area contributed by atoms with Crippen molar-refractivity contribution in [1.82, 2.24) is 20.2 Å². The molecule has 2 aliphatic rings. The third-order valence-electron chi connectivity index (χ3n) is 7.53. The summed E-state index contributed by atoms with van der Waals surface area (Å²) in [4.78, 5) is 44.0. The Balaban J connectivity index is 0.000000424. The topological polar surface area (TPSA) is 154 Å². The summed E-state index contributed by atoms with van der Waals surface area (Å²) in [5.41, 5.74) is 0.959. The van der Waals surface area contributed by atoms with Gasteiger partial charge in [0.15, 0.2) is 16.7 Å². The Bertz CT molecular complexity index is 1560. The highest BCUT2D eigenvalue weighted by Gasteiger charge is 2.39. The molecule has 1 amide bonds. The molecular weight excluding hydrogens is 729 g/mol. The second kappa shape index (κ2) is 18.9. The first kappa shape index (κ1) is 41.3. The van der Waals surface area contributed by atoms with Crippen molar-refractivity contribution >= 4 is 51.9 Å². The van der Waals surface area contributed by atoms with E-state index in [1.165, 1.54) is 17.8 Å². The normalized spacial score (nSPS) is 17.2. The number of rotatable bonds is 8. The average molecular weight is 766 g/mol. The number of likely N-dealkylation sites (tertiary alicyclic amines) is 1. The number of para-hydroxylation sites is 1. The van der Waals surface area contributed by atoms with Crippen LogP contribution in [0, 0.1) is 12.8 Å². The van der Waals surface area contributed by atoms with Gasteiger partial charge in [0.1, 0.15) is 5.75 Å². The minimum atomic E-state index is -5.08. The van der Waals surface area contributed by atoms with Crippen LogP contribution in [0.2, 0.25) is 0 Å². The van der Waals surface area contributed by atoms with Gasteiger partial charge in [-0.2, -0.15) is 26.3 Å². The van der Waals surface area contributed by atoms with Crippen LogP contribution in [0.1, 0.15) is 44.7 Å². The summed E-state index contributed by atoms with van der Waals surface area (Å²) in [7, 11) is 0. The minimum absolute atomic E-state index is 0.130. The lowest BCUT2D eigenvalue weighted by atomic mass is 9.92. The number of carboxylic acid groups (broad SMARTS) is 2. The summed E-state index contributed by atoms with van der Waals surface area (Å²) < 4.78 is 69.8. The number of amides is 1. The van der Waals surface area contributed by atoms with Crippen molar-refractivity contribution in [2.45, 2.75) is 74.5 Å². The van der Waals surface area contributed by atoms with Gasteiger partial charge in [0.25, 0.3) is 0 Å². The number of carbonyl (C=O) groups excluding carboxylic acids is 1. The summed E-state index contributed by atoms with van der Waals surface area (Å²) in [5, 5.41) is 23.7. The fourth-order valence-electron chi connectivity index (χ4n) is 5.02. The number of benzene rings is 1. The lowest BCUT2D eigenvalue weighted by Gasteiger charge is -2.38. The van der Waals surface area contributed by atoms with E-state index in [9.17, 15) is 31.1 Å². The van der Waals surface area contributed by atoms with Crippen LogP contribution in [0.3, 0.4) is 0 Å². The van der Waals surface area contributed by atoms with Crippen LogP contribution in [-0.4, -0.2) is 86.2 Å². The minimum Gasteiger partial charge on any atom is -0.475 e. The van der Waals surface area contributed by atoms with Crippen molar-refractivity contribution in [3.63, 3.8) is 0 Å². The van der Waals surface area contributed by atoms with Crippen LogP contribution in [-0.2, 0) is 14.4 Å². The molecule has 0 saturated carbocycles. The second-order valence-electron chi connectivity index (χ2n) is 11.5. The van der Waals surface area contributed by atoms with Gasteiger partial charge in [-0.1, -0.05) is 18.2 Å². The molecule has 11 nitrogen and oxygen atoms in total. The van der Waals surface area contributed by atoms with Crippen LogP contribution in [0.25, 0.3) is 0 Å². The molecule has 0 radical (unpaired) electrons. The predicted octanol–water partition coefficient (Wildman–Crippen LogP) is 7.51. The van der Waals surface area contributed by atoms with Gasteiger partial charge < -0.3 is 30.5 Å². The molecule has 0 bridgehead atoms. The first-order valence-corrected chi connectivity index (χ1v) is 17.4. The number of pyridine rings is 1. The van der Waals surface area contributed by atoms with Crippen LogP contribution in [0.5, 0.6) is 11.5 Å². The molecule has 51 heavy (non-hydrogen) atoms. The first-order chi connectivity index (χ1) is 24.0. The van der Waals surface area contributed by atoms with Gasteiger partial charge in [-0.3, -0.25) is 4.79 Å². The van der Waals surface area contributed by atoms with Crippen LogP contribution in [0.4, 0.5) is 37.3 Å². The van der Waals surface area contributed by atoms with Gasteiger partial charge in [0.2, 0.25) is 5.91 Å². The van der Waals surface area contributed by atoms with E-state index in [4.69, 9.17) is 29.5 Å². The number of halogens is 6. The molecule has 3 aromatic rings. The standard InChI is InChI=1S/C28H35N5O2S2.2C2HF3O2/c1-19-18-36-28(31-19)32-26-24(35-22-9-4-3-5-10-22)16-23(17-30-26)37-25(21-11-13-29-14-12-21)27(34)33-15-7-6-8-20(33)2;2*3-2(4,5)1(6)7/h3-5,9-10,16-18,20-21,25,29H,6-8,11-15H2,1-2H3,(H,30,31,32);2*(H,6,7). The number of thioether (sulfide) groups is 1. The summed E-state index contributed by atoms with van der Waals surface area (Å²) >= 11 is 3.17.